The highest BCUT2D eigenvalue weighted by Crippen LogP contribution is 2.41. The molecule has 0 radical (unpaired) electrons. The molecule has 0 saturated carbocycles. The van der Waals surface area contributed by atoms with Crippen molar-refractivity contribution < 1.29 is 22.3 Å². The maximum Gasteiger partial charge on any atom is 0.418 e. The van der Waals surface area contributed by atoms with Crippen molar-refractivity contribution >= 4 is 31.6 Å². The smallest absolute Gasteiger partial charge is 0.418 e. The van der Waals surface area contributed by atoms with Gasteiger partial charge in [0.25, 0.3) is 0 Å². The summed E-state index contributed by atoms with van der Waals surface area (Å²) in [6.07, 6.45) is -1.40. The van der Waals surface area contributed by atoms with Gasteiger partial charge in [0.1, 0.15) is 30.3 Å². The molecule has 0 amide bonds. The molecule has 0 spiro atoms. The van der Waals surface area contributed by atoms with Crippen molar-refractivity contribution in [1.82, 2.24) is 15.2 Å². The van der Waals surface area contributed by atoms with Crippen LogP contribution in [-0.4, -0.2) is 37.5 Å². The van der Waals surface area contributed by atoms with E-state index in [0.717, 1.165) is 0 Å². The summed E-state index contributed by atoms with van der Waals surface area (Å²) in [4.78, 5) is 10.5. The van der Waals surface area contributed by atoms with Crippen LogP contribution in [-0.2, 0) is 10.6 Å². The zero-order valence-corrected chi connectivity index (χ0v) is 24.3. The molecule has 0 saturated heterocycles. The summed E-state index contributed by atoms with van der Waals surface area (Å²) in [6.45, 7) is 15.0. The maximum absolute atomic E-state index is 14.1. The lowest BCUT2D eigenvalue weighted by molar-refractivity contribution is -0.137. The second-order valence-corrected chi connectivity index (χ2v) is 16.3. The van der Waals surface area contributed by atoms with E-state index in [1.807, 2.05) is 11.8 Å². The first-order valence-corrected chi connectivity index (χ1v) is 15.6. The largest absolute Gasteiger partial charge is 0.463 e. The second-order valence-electron chi connectivity index (χ2n) is 11.1. The standard InChI is InChI=1S/C26H33ClF3N5O2Si/c1-14-10-18(31)34-22(20(14)26(28,29)30)16-11-17-19-23(21(16)27)32-13-33-24(19)35(8-9-36-17)15(2)12-37-38(6,7)25(3,4)5/h8-11,15,33H,12-13H2,1-7H3,(H2,31,34). The van der Waals surface area contributed by atoms with Gasteiger partial charge in [-0.25, -0.2) is 4.98 Å². The third kappa shape index (κ3) is 5.11. The number of nitrogens with two attached hydrogens (primary N) is 1. The number of nitrogens with one attached hydrogen (secondary N) is 1. The molecule has 1 aromatic heterocycles. The van der Waals surface area contributed by atoms with E-state index in [0.29, 0.717) is 28.8 Å². The molecule has 0 fully saturated rings. The summed E-state index contributed by atoms with van der Waals surface area (Å²) in [5.74, 6) is 0.946. The first-order chi connectivity index (χ1) is 17.5. The third-order valence-corrected chi connectivity index (χ3v) is 12.2. The Morgan fingerprint density at radius 1 is 1.26 bits per heavy atom. The number of hydrogen-bond donors (Lipinski definition) is 2. The summed E-state index contributed by atoms with van der Waals surface area (Å²) < 4.78 is 54.6. The fourth-order valence-electron chi connectivity index (χ4n) is 4.25. The van der Waals surface area contributed by atoms with E-state index in [1.165, 1.54) is 25.3 Å². The molecule has 0 aliphatic carbocycles. The van der Waals surface area contributed by atoms with Gasteiger partial charge >= 0.3 is 6.18 Å². The van der Waals surface area contributed by atoms with Crippen LogP contribution in [0.3, 0.4) is 0 Å². The van der Waals surface area contributed by atoms with Crippen LogP contribution in [0.5, 0.6) is 5.75 Å². The highest BCUT2D eigenvalue weighted by Gasteiger charge is 2.39. The van der Waals surface area contributed by atoms with Gasteiger partial charge in [0, 0.05) is 11.8 Å². The Kier molecular flexibility index (Phi) is 7.26. The van der Waals surface area contributed by atoms with E-state index in [2.05, 4.69) is 49.2 Å². The van der Waals surface area contributed by atoms with Crippen LogP contribution < -0.4 is 26.4 Å². The number of aryl methyl sites for hydroxylation is 1. The minimum Gasteiger partial charge on any atom is -0.463 e. The molecule has 12 heteroatoms. The van der Waals surface area contributed by atoms with Crippen LogP contribution in [0.15, 0.2) is 29.6 Å². The monoisotopic (exact) mass is 567 g/mol. The van der Waals surface area contributed by atoms with Gasteiger partial charge in [-0.3, -0.25) is 4.99 Å². The molecule has 2 aliphatic rings. The number of halogens is 4. The molecule has 0 bridgehead atoms. The minimum atomic E-state index is -4.67. The Bertz CT molecular complexity index is 1420. The van der Waals surface area contributed by atoms with Gasteiger partial charge in [-0.15, -0.1) is 0 Å². The average Bonchev–Trinajstić information content (AvgIpc) is 2.97. The van der Waals surface area contributed by atoms with Gasteiger partial charge in [-0.05, 0) is 49.7 Å². The Labute approximate surface area is 226 Å². The number of nitrogens with zero attached hydrogens (tertiary/aromatic N) is 3. The number of benzene rings is 1. The molecule has 4 rings (SSSR count). The zero-order chi connectivity index (χ0) is 28.2. The lowest BCUT2D eigenvalue weighted by Crippen LogP contribution is -2.48. The summed E-state index contributed by atoms with van der Waals surface area (Å²) >= 11 is 6.76. The Morgan fingerprint density at radius 2 is 1.95 bits per heavy atom. The number of hydrogen-bond acceptors (Lipinski definition) is 7. The predicted octanol–water partition coefficient (Wildman–Crippen LogP) is 5.13. The number of anilines is 1. The quantitative estimate of drug-likeness (QED) is 0.487. The number of alkyl halides is 3. The summed E-state index contributed by atoms with van der Waals surface area (Å²) in [6, 6.07) is 2.57. The van der Waals surface area contributed by atoms with E-state index in [1.54, 1.807) is 6.20 Å². The van der Waals surface area contributed by atoms with E-state index in [4.69, 9.17) is 26.5 Å². The van der Waals surface area contributed by atoms with E-state index in [-0.39, 0.29) is 45.4 Å². The third-order valence-electron chi connectivity index (χ3n) is 7.34. The lowest BCUT2D eigenvalue weighted by atomic mass is 9.99. The molecule has 2 aromatic rings. The van der Waals surface area contributed by atoms with Crippen molar-refractivity contribution in [2.75, 3.05) is 19.0 Å². The van der Waals surface area contributed by atoms with Gasteiger partial charge in [0.15, 0.2) is 8.32 Å². The SMILES string of the molecule is Cc1cc(N)nc(-c2cc3c4c(c2Cl)=NCNC=4N(C(C)CO[Si](C)(C)C(C)(C)C)C=CO3)c1C(F)(F)F. The van der Waals surface area contributed by atoms with Crippen molar-refractivity contribution in [1.29, 1.82) is 0 Å². The zero-order valence-electron chi connectivity index (χ0n) is 22.5. The van der Waals surface area contributed by atoms with Crippen molar-refractivity contribution in [2.45, 2.75) is 65.0 Å². The lowest BCUT2D eigenvalue weighted by Gasteiger charge is -2.38. The highest BCUT2D eigenvalue weighted by molar-refractivity contribution is 6.74. The van der Waals surface area contributed by atoms with Crippen LogP contribution >= 0.6 is 11.6 Å². The average molecular weight is 568 g/mol. The first kappa shape index (κ1) is 28.3. The Balaban J connectivity index is 1.86. The fourth-order valence-corrected chi connectivity index (χ4v) is 5.64. The van der Waals surface area contributed by atoms with E-state index in [9.17, 15) is 13.2 Å². The van der Waals surface area contributed by atoms with E-state index < -0.39 is 20.1 Å². The molecular weight excluding hydrogens is 535 g/mol. The van der Waals surface area contributed by atoms with Crippen molar-refractivity contribution in [3.63, 3.8) is 0 Å². The number of aromatic nitrogens is 1. The summed E-state index contributed by atoms with van der Waals surface area (Å²) in [5.41, 5.74) is 4.58. The van der Waals surface area contributed by atoms with Gasteiger partial charge in [0.2, 0.25) is 0 Å². The van der Waals surface area contributed by atoms with Gasteiger partial charge in [-0.1, -0.05) is 32.4 Å². The number of ether oxygens (including phenoxy) is 1. The van der Waals surface area contributed by atoms with Crippen LogP contribution in [0.1, 0.15) is 38.8 Å². The molecule has 1 unspecified atom stereocenters. The number of nitrogen functional groups attached to an aromatic ring is 1. The fraction of sp³-hybridized carbons (Fsp3) is 0.462. The van der Waals surface area contributed by atoms with Crippen LogP contribution in [0.25, 0.3) is 17.1 Å². The van der Waals surface area contributed by atoms with Crippen LogP contribution in [0.4, 0.5) is 19.0 Å². The Morgan fingerprint density at radius 3 is 2.58 bits per heavy atom. The highest BCUT2D eigenvalue weighted by atomic mass is 35.5. The van der Waals surface area contributed by atoms with Gasteiger partial charge < -0.3 is 25.1 Å². The normalized spacial score (nSPS) is 16.3. The maximum atomic E-state index is 14.1. The molecule has 7 nitrogen and oxygen atoms in total. The molecule has 1 atom stereocenters. The molecule has 2 aliphatic heterocycles. The molecular formula is C26H33ClF3N5O2Si. The number of pyridine rings is 1. The summed E-state index contributed by atoms with van der Waals surface area (Å²) in [7, 11) is -1.99. The molecule has 38 heavy (non-hydrogen) atoms. The minimum absolute atomic E-state index is 0.0429. The van der Waals surface area contributed by atoms with Crippen LogP contribution in [0.2, 0.25) is 23.2 Å². The van der Waals surface area contributed by atoms with Gasteiger partial charge in [-0.2, -0.15) is 13.2 Å². The van der Waals surface area contributed by atoms with Crippen molar-refractivity contribution in [2.24, 2.45) is 4.99 Å². The predicted molar refractivity (Wildman–Crippen MR) is 145 cm³/mol. The summed E-state index contributed by atoms with van der Waals surface area (Å²) in [5, 5.41) is 4.27. The molecule has 3 N–H and O–H groups in total. The second kappa shape index (κ2) is 9.76. The van der Waals surface area contributed by atoms with Crippen molar-refractivity contribution in [3.8, 4) is 17.0 Å². The van der Waals surface area contributed by atoms with Gasteiger partial charge in [0.05, 0.1) is 39.5 Å². The Hall–Kier alpha value is -2.76. The number of rotatable bonds is 5. The molecule has 3 heterocycles. The topological polar surface area (TPSA) is 85.0 Å². The van der Waals surface area contributed by atoms with Crippen LogP contribution in [0, 0.1) is 6.92 Å². The molecule has 1 aromatic carbocycles. The van der Waals surface area contributed by atoms with Crippen molar-refractivity contribution in [3.05, 3.63) is 51.3 Å². The first-order valence-electron chi connectivity index (χ1n) is 12.3. The van der Waals surface area contributed by atoms with E-state index >= 15 is 0 Å². The molecule has 206 valence electrons.